The van der Waals surface area contributed by atoms with E-state index in [-0.39, 0.29) is 18.3 Å². The van der Waals surface area contributed by atoms with Gasteiger partial charge in [-0.1, -0.05) is 60.7 Å². The molecule has 8 heteroatoms. The Hall–Kier alpha value is -3.88. The van der Waals surface area contributed by atoms with E-state index >= 15 is 0 Å². The summed E-state index contributed by atoms with van der Waals surface area (Å²) in [6.07, 6.45) is 1.55. The van der Waals surface area contributed by atoms with Crippen LogP contribution in [-0.4, -0.2) is 17.1 Å². The van der Waals surface area contributed by atoms with Gasteiger partial charge in [-0.25, -0.2) is 14.8 Å². The minimum absolute atomic E-state index is 0.284. The normalized spacial score (nSPS) is 11.1. The Bertz CT molecular complexity index is 1620. The summed E-state index contributed by atoms with van der Waals surface area (Å²) >= 11 is 7.05. The van der Waals surface area contributed by atoms with Crippen molar-refractivity contribution >= 4 is 54.9 Å². The Labute approximate surface area is 235 Å². The number of rotatable bonds is 7. The number of fused-ring (bicyclic) bond motifs is 1. The second-order valence-electron chi connectivity index (χ2n) is 8.37. The maximum atomic E-state index is 13.1. The SMILES string of the molecule is O=C(N/N=C/c1cc(Br)c(OCc2ccc(F)cc2)c(Br)c1)c1cc(-c2ccccc2)nc2ccccc12. The van der Waals surface area contributed by atoms with Gasteiger partial charge in [-0.2, -0.15) is 5.10 Å². The highest BCUT2D eigenvalue weighted by molar-refractivity contribution is 9.11. The monoisotopic (exact) mass is 631 g/mol. The summed E-state index contributed by atoms with van der Waals surface area (Å²) in [5.74, 6) is -0.0257. The van der Waals surface area contributed by atoms with Crippen LogP contribution in [0.2, 0.25) is 0 Å². The van der Waals surface area contributed by atoms with Gasteiger partial charge in [0.25, 0.3) is 5.91 Å². The molecule has 38 heavy (non-hydrogen) atoms. The average Bonchev–Trinajstić information content (AvgIpc) is 2.93. The van der Waals surface area contributed by atoms with Crippen molar-refractivity contribution in [2.45, 2.75) is 6.61 Å². The number of hydrazone groups is 1. The largest absolute Gasteiger partial charge is 0.487 e. The fourth-order valence-corrected chi connectivity index (χ4v) is 5.32. The van der Waals surface area contributed by atoms with Crippen molar-refractivity contribution in [1.29, 1.82) is 0 Å². The lowest BCUT2D eigenvalue weighted by molar-refractivity contribution is 0.0956. The van der Waals surface area contributed by atoms with Crippen molar-refractivity contribution in [2.75, 3.05) is 0 Å². The predicted molar refractivity (Wildman–Crippen MR) is 155 cm³/mol. The molecule has 0 saturated heterocycles. The molecule has 1 aromatic heterocycles. The first-order valence-corrected chi connectivity index (χ1v) is 13.2. The van der Waals surface area contributed by atoms with Crippen LogP contribution in [0.5, 0.6) is 5.75 Å². The highest BCUT2D eigenvalue weighted by atomic mass is 79.9. The Morgan fingerprint density at radius 2 is 1.61 bits per heavy atom. The van der Waals surface area contributed by atoms with Crippen LogP contribution < -0.4 is 10.2 Å². The van der Waals surface area contributed by atoms with E-state index in [9.17, 15) is 9.18 Å². The quantitative estimate of drug-likeness (QED) is 0.146. The second kappa shape index (κ2) is 11.7. The molecule has 5 nitrogen and oxygen atoms in total. The zero-order valence-corrected chi connectivity index (χ0v) is 23.0. The number of hydrogen-bond acceptors (Lipinski definition) is 4. The van der Waals surface area contributed by atoms with Gasteiger partial charge in [0.05, 0.1) is 31.9 Å². The molecule has 0 fully saturated rings. The third-order valence-electron chi connectivity index (χ3n) is 5.73. The van der Waals surface area contributed by atoms with Gasteiger partial charge in [0.15, 0.2) is 0 Å². The molecule has 0 radical (unpaired) electrons. The number of benzene rings is 4. The molecule has 188 valence electrons. The zero-order valence-electron chi connectivity index (χ0n) is 19.9. The van der Waals surface area contributed by atoms with Crippen LogP contribution in [0.3, 0.4) is 0 Å². The van der Waals surface area contributed by atoms with Gasteiger partial charge in [0.2, 0.25) is 0 Å². The summed E-state index contributed by atoms with van der Waals surface area (Å²) < 4.78 is 20.4. The standard InChI is InChI=1S/C30H20Br2FN3O2/c31-25-14-20(15-26(32)29(25)38-18-19-10-12-22(33)13-11-19)17-34-36-30(37)24-16-28(21-6-2-1-3-7-21)35-27-9-5-4-8-23(24)27/h1-17H,18H2,(H,36,37)/b34-17+. The summed E-state index contributed by atoms with van der Waals surface area (Å²) in [5.41, 5.74) is 7.06. The lowest BCUT2D eigenvalue weighted by atomic mass is 10.0. The average molecular weight is 633 g/mol. The number of nitrogens with one attached hydrogen (secondary N) is 1. The molecule has 5 aromatic rings. The Kier molecular flexibility index (Phi) is 7.91. The molecule has 1 N–H and O–H groups in total. The number of para-hydroxylation sites is 1. The van der Waals surface area contributed by atoms with Gasteiger partial charge in [0.1, 0.15) is 18.2 Å². The fourth-order valence-electron chi connectivity index (χ4n) is 3.87. The number of halogens is 3. The second-order valence-corrected chi connectivity index (χ2v) is 10.1. The number of ether oxygens (including phenoxy) is 1. The smallest absolute Gasteiger partial charge is 0.272 e. The molecule has 1 heterocycles. The number of nitrogens with zero attached hydrogens (tertiary/aromatic N) is 2. The van der Waals surface area contributed by atoms with Crippen molar-refractivity contribution in [2.24, 2.45) is 5.10 Å². The molecule has 0 aliphatic rings. The first-order valence-electron chi connectivity index (χ1n) is 11.6. The van der Waals surface area contributed by atoms with E-state index in [0.29, 0.717) is 26.0 Å². The summed E-state index contributed by atoms with van der Waals surface area (Å²) in [6, 6.07) is 28.8. The van der Waals surface area contributed by atoms with Crippen molar-refractivity contribution in [3.05, 3.63) is 129 Å². The lowest BCUT2D eigenvalue weighted by Gasteiger charge is -2.11. The summed E-state index contributed by atoms with van der Waals surface area (Å²) in [4.78, 5) is 17.9. The number of amides is 1. The zero-order chi connectivity index (χ0) is 26.5. The molecule has 0 aliphatic heterocycles. The van der Waals surface area contributed by atoms with Crippen LogP contribution in [0.1, 0.15) is 21.5 Å². The maximum absolute atomic E-state index is 13.1. The lowest BCUT2D eigenvalue weighted by Crippen LogP contribution is -2.18. The number of pyridine rings is 1. The van der Waals surface area contributed by atoms with Crippen LogP contribution in [-0.2, 0) is 6.61 Å². The molecule has 0 saturated carbocycles. The molecule has 4 aromatic carbocycles. The minimum atomic E-state index is -0.339. The topological polar surface area (TPSA) is 63.6 Å². The molecule has 0 bridgehead atoms. The van der Waals surface area contributed by atoms with Gasteiger partial charge < -0.3 is 4.74 Å². The number of hydrogen-bond donors (Lipinski definition) is 1. The van der Waals surface area contributed by atoms with E-state index < -0.39 is 0 Å². The van der Waals surface area contributed by atoms with Crippen LogP contribution in [0.15, 0.2) is 111 Å². The molecular weight excluding hydrogens is 613 g/mol. The molecule has 1 amide bonds. The Morgan fingerprint density at radius 1 is 0.921 bits per heavy atom. The van der Waals surface area contributed by atoms with Crippen molar-refractivity contribution in [1.82, 2.24) is 10.4 Å². The molecular formula is C30H20Br2FN3O2. The first kappa shape index (κ1) is 25.8. The number of carbonyl (C=O) groups excluding carboxylic acids is 1. The van der Waals surface area contributed by atoms with Crippen LogP contribution in [0, 0.1) is 5.82 Å². The van der Waals surface area contributed by atoms with Crippen molar-refractivity contribution in [3.8, 4) is 17.0 Å². The van der Waals surface area contributed by atoms with Crippen molar-refractivity contribution in [3.63, 3.8) is 0 Å². The first-order chi connectivity index (χ1) is 18.5. The van der Waals surface area contributed by atoms with Crippen molar-refractivity contribution < 1.29 is 13.9 Å². The molecule has 0 unspecified atom stereocenters. The summed E-state index contributed by atoms with van der Waals surface area (Å²) in [6.45, 7) is 0.284. The molecule has 0 atom stereocenters. The van der Waals surface area contributed by atoms with Gasteiger partial charge in [0, 0.05) is 10.9 Å². The highest BCUT2D eigenvalue weighted by Crippen LogP contribution is 2.35. The predicted octanol–water partition coefficient (Wildman–Crippen LogP) is 7.91. The summed E-state index contributed by atoms with van der Waals surface area (Å²) in [5, 5.41) is 4.92. The van der Waals surface area contributed by atoms with Gasteiger partial charge in [-0.05, 0) is 79.4 Å². The number of carbonyl (C=O) groups is 1. The molecule has 0 aliphatic carbocycles. The third-order valence-corrected chi connectivity index (χ3v) is 6.91. The van der Waals surface area contributed by atoms with E-state index in [1.165, 1.54) is 12.1 Å². The molecule has 5 rings (SSSR count). The van der Waals surface area contributed by atoms with Gasteiger partial charge in [-0.15, -0.1) is 0 Å². The van der Waals surface area contributed by atoms with Gasteiger partial charge in [-0.3, -0.25) is 4.79 Å². The summed E-state index contributed by atoms with van der Waals surface area (Å²) in [7, 11) is 0. The van der Waals surface area contributed by atoms with E-state index in [2.05, 4.69) is 42.4 Å². The Balaban J connectivity index is 1.32. The van der Waals surface area contributed by atoms with Gasteiger partial charge >= 0.3 is 0 Å². The number of aromatic nitrogens is 1. The maximum Gasteiger partial charge on any atom is 0.272 e. The highest BCUT2D eigenvalue weighted by Gasteiger charge is 2.14. The third kappa shape index (κ3) is 5.98. The van der Waals surface area contributed by atoms with E-state index in [1.807, 2.05) is 66.7 Å². The van der Waals surface area contributed by atoms with E-state index in [4.69, 9.17) is 9.72 Å². The molecule has 0 spiro atoms. The van der Waals surface area contributed by atoms with E-state index in [1.54, 1.807) is 24.4 Å². The van der Waals surface area contributed by atoms with Crippen LogP contribution in [0.4, 0.5) is 4.39 Å². The Morgan fingerprint density at radius 3 is 2.34 bits per heavy atom. The van der Waals surface area contributed by atoms with E-state index in [0.717, 1.165) is 27.6 Å². The fraction of sp³-hybridized carbons (Fsp3) is 0.0333. The van der Waals surface area contributed by atoms with Crippen LogP contribution in [0.25, 0.3) is 22.2 Å². The van der Waals surface area contributed by atoms with Crippen LogP contribution >= 0.6 is 31.9 Å². The minimum Gasteiger partial charge on any atom is -0.487 e.